The summed E-state index contributed by atoms with van der Waals surface area (Å²) < 4.78 is 13.2. The molecule has 3 aromatic rings. The monoisotopic (exact) mass is 504 g/mol. The third-order valence-corrected chi connectivity index (χ3v) is 6.81. The summed E-state index contributed by atoms with van der Waals surface area (Å²) in [6, 6.07) is 18.8. The number of nitrogens with two attached hydrogens (primary N) is 1. The van der Waals surface area contributed by atoms with Crippen molar-refractivity contribution in [2.24, 2.45) is 11.7 Å². The lowest BCUT2D eigenvalue weighted by molar-refractivity contribution is -0.132. The number of hydrogen-bond donors (Lipinski definition) is 3. The van der Waals surface area contributed by atoms with E-state index in [9.17, 15) is 18.8 Å². The van der Waals surface area contributed by atoms with E-state index in [0.717, 1.165) is 16.3 Å². The molecule has 0 unspecified atom stereocenters. The van der Waals surface area contributed by atoms with E-state index < -0.39 is 11.9 Å². The zero-order valence-electron chi connectivity index (χ0n) is 20.8. The fourth-order valence-electron chi connectivity index (χ4n) is 4.66. The molecule has 4 N–H and O–H groups in total. The van der Waals surface area contributed by atoms with E-state index in [4.69, 9.17) is 5.73 Å². The van der Waals surface area contributed by atoms with Gasteiger partial charge in [0, 0.05) is 37.5 Å². The number of amides is 3. The van der Waals surface area contributed by atoms with Crippen LogP contribution in [0.2, 0.25) is 0 Å². The van der Waals surface area contributed by atoms with Crippen molar-refractivity contribution in [3.63, 3.8) is 0 Å². The maximum Gasteiger partial charge on any atom is 0.253 e. The number of nitrogens with zero attached hydrogens (tertiary/aromatic N) is 1. The average molecular weight is 505 g/mol. The number of fused-ring (bicyclic) bond motifs is 1. The van der Waals surface area contributed by atoms with Crippen LogP contribution in [0, 0.1) is 11.7 Å². The lowest BCUT2D eigenvalue weighted by Gasteiger charge is -2.32. The highest BCUT2D eigenvalue weighted by molar-refractivity contribution is 5.94. The van der Waals surface area contributed by atoms with Gasteiger partial charge in [0.15, 0.2) is 0 Å². The first kappa shape index (κ1) is 26.3. The molecule has 1 atom stereocenters. The lowest BCUT2D eigenvalue weighted by atomic mass is 9.94. The Morgan fingerprint density at radius 3 is 2.38 bits per heavy atom. The molecule has 0 bridgehead atoms. The van der Waals surface area contributed by atoms with Crippen molar-refractivity contribution in [2.45, 2.75) is 31.7 Å². The molecular weight excluding hydrogens is 471 g/mol. The highest BCUT2D eigenvalue weighted by Crippen LogP contribution is 2.21. The molecule has 37 heavy (non-hydrogen) atoms. The highest BCUT2D eigenvalue weighted by atomic mass is 19.1. The van der Waals surface area contributed by atoms with E-state index in [1.54, 1.807) is 4.90 Å². The zero-order chi connectivity index (χ0) is 26.2. The number of likely N-dealkylation sites (tertiary alicyclic amines) is 1. The summed E-state index contributed by atoms with van der Waals surface area (Å²) in [4.78, 5) is 40.6. The second kappa shape index (κ2) is 12.5. The van der Waals surface area contributed by atoms with Crippen LogP contribution < -0.4 is 16.4 Å². The molecule has 1 heterocycles. The molecule has 1 fully saturated rings. The molecule has 0 radical (unpaired) electrons. The topological polar surface area (TPSA) is 105 Å². The van der Waals surface area contributed by atoms with Gasteiger partial charge in [-0.05, 0) is 66.4 Å². The minimum absolute atomic E-state index is 0.174. The van der Waals surface area contributed by atoms with Crippen LogP contribution in [0.3, 0.4) is 0 Å². The summed E-state index contributed by atoms with van der Waals surface area (Å²) in [5, 5.41) is 8.03. The standard InChI is InChI=1S/C29H33FN4O3/c30-25-10-8-23(9-11-25)29(37)34-16-12-22(13-17-34)27(35)33-26(28(36)32-15-3-14-31)19-20-6-7-21-4-1-2-5-24(21)18-20/h1-2,4-11,18,22,26H,3,12-17,19,31H2,(H,32,36)(H,33,35)/t26-/m1/s1. The van der Waals surface area contributed by atoms with Gasteiger partial charge >= 0.3 is 0 Å². The molecule has 1 aliphatic rings. The molecule has 7 nitrogen and oxygen atoms in total. The van der Waals surface area contributed by atoms with Crippen LogP contribution in [-0.2, 0) is 16.0 Å². The fourth-order valence-corrected chi connectivity index (χ4v) is 4.66. The molecule has 0 aliphatic carbocycles. The van der Waals surface area contributed by atoms with Crippen LogP contribution in [0.25, 0.3) is 10.8 Å². The van der Waals surface area contributed by atoms with Gasteiger partial charge in [-0.2, -0.15) is 0 Å². The van der Waals surface area contributed by atoms with E-state index in [1.807, 2.05) is 42.5 Å². The zero-order valence-corrected chi connectivity index (χ0v) is 20.8. The van der Waals surface area contributed by atoms with Gasteiger partial charge < -0.3 is 21.3 Å². The molecule has 8 heteroatoms. The summed E-state index contributed by atoms with van der Waals surface area (Å²) in [6.07, 6.45) is 2.02. The maximum absolute atomic E-state index is 13.2. The van der Waals surface area contributed by atoms with Gasteiger partial charge in [-0.3, -0.25) is 14.4 Å². The Labute approximate surface area is 216 Å². The molecule has 0 aromatic heterocycles. The predicted molar refractivity (Wildman–Crippen MR) is 141 cm³/mol. The van der Waals surface area contributed by atoms with Crippen molar-refractivity contribution < 1.29 is 18.8 Å². The van der Waals surface area contributed by atoms with Gasteiger partial charge in [-0.15, -0.1) is 0 Å². The molecule has 0 saturated carbocycles. The number of nitrogens with one attached hydrogen (secondary N) is 2. The predicted octanol–water partition coefficient (Wildman–Crippen LogP) is 3.02. The average Bonchev–Trinajstić information content (AvgIpc) is 2.92. The summed E-state index contributed by atoms with van der Waals surface area (Å²) >= 11 is 0. The van der Waals surface area contributed by atoms with Crippen molar-refractivity contribution in [2.75, 3.05) is 26.2 Å². The molecule has 4 rings (SSSR count). The molecular formula is C29H33FN4O3. The van der Waals surface area contributed by atoms with Crippen LogP contribution in [-0.4, -0.2) is 54.8 Å². The minimum Gasteiger partial charge on any atom is -0.354 e. The number of hydrogen-bond acceptors (Lipinski definition) is 4. The lowest BCUT2D eigenvalue weighted by Crippen LogP contribution is -2.51. The van der Waals surface area contributed by atoms with Gasteiger partial charge in [0.2, 0.25) is 11.8 Å². The number of halogens is 1. The Morgan fingerprint density at radius 2 is 1.68 bits per heavy atom. The Balaban J connectivity index is 1.39. The third-order valence-electron chi connectivity index (χ3n) is 6.81. The van der Waals surface area contributed by atoms with Crippen LogP contribution in [0.4, 0.5) is 4.39 Å². The van der Waals surface area contributed by atoms with Crippen LogP contribution >= 0.6 is 0 Å². The van der Waals surface area contributed by atoms with Crippen molar-refractivity contribution in [3.8, 4) is 0 Å². The van der Waals surface area contributed by atoms with Gasteiger partial charge in [0.05, 0.1) is 0 Å². The number of benzene rings is 3. The Kier molecular flexibility index (Phi) is 8.85. The van der Waals surface area contributed by atoms with Crippen molar-refractivity contribution in [1.29, 1.82) is 0 Å². The summed E-state index contributed by atoms with van der Waals surface area (Å²) in [5.74, 6) is -1.29. The number of carbonyl (C=O) groups is 3. The number of carbonyl (C=O) groups excluding carboxylic acids is 3. The minimum atomic E-state index is -0.717. The number of piperidine rings is 1. The van der Waals surface area contributed by atoms with Crippen molar-refractivity contribution in [3.05, 3.63) is 83.7 Å². The molecule has 0 spiro atoms. The first-order valence-corrected chi connectivity index (χ1v) is 12.8. The van der Waals surface area contributed by atoms with Gasteiger partial charge in [-0.1, -0.05) is 42.5 Å². The SMILES string of the molecule is NCCCNC(=O)[C@@H](Cc1ccc2ccccc2c1)NC(=O)C1CCN(C(=O)c2ccc(F)cc2)CC1. The van der Waals surface area contributed by atoms with Gasteiger partial charge in [-0.25, -0.2) is 4.39 Å². The molecule has 1 aliphatic heterocycles. The largest absolute Gasteiger partial charge is 0.354 e. The van der Waals surface area contributed by atoms with E-state index in [2.05, 4.69) is 10.6 Å². The maximum atomic E-state index is 13.2. The van der Waals surface area contributed by atoms with Crippen molar-refractivity contribution >= 4 is 28.5 Å². The second-order valence-electron chi connectivity index (χ2n) is 9.45. The Morgan fingerprint density at radius 1 is 0.973 bits per heavy atom. The Bertz CT molecular complexity index is 1240. The molecule has 3 aromatic carbocycles. The van der Waals surface area contributed by atoms with E-state index in [-0.39, 0.29) is 23.6 Å². The van der Waals surface area contributed by atoms with E-state index in [0.29, 0.717) is 57.4 Å². The molecule has 194 valence electrons. The first-order valence-electron chi connectivity index (χ1n) is 12.8. The summed E-state index contributed by atoms with van der Waals surface area (Å²) in [6.45, 7) is 1.76. The third kappa shape index (κ3) is 6.92. The summed E-state index contributed by atoms with van der Waals surface area (Å²) in [5.41, 5.74) is 6.94. The Hall–Kier alpha value is -3.78. The first-order chi connectivity index (χ1) is 17.9. The van der Waals surface area contributed by atoms with Crippen LogP contribution in [0.15, 0.2) is 66.7 Å². The van der Waals surface area contributed by atoms with Gasteiger partial charge in [0.1, 0.15) is 11.9 Å². The molecule has 1 saturated heterocycles. The fraction of sp³-hybridized carbons (Fsp3) is 0.345. The normalized spacial score (nSPS) is 14.8. The van der Waals surface area contributed by atoms with Crippen LogP contribution in [0.5, 0.6) is 0 Å². The number of rotatable bonds is 9. The molecule has 3 amide bonds. The van der Waals surface area contributed by atoms with Crippen molar-refractivity contribution in [1.82, 2.24) is 15.5 Å². The van der Waals surface area contributed by atoms with E-state index >= 15 is 0 Å². The van der Waals surface area contributed by atoms with Crippen LogP contribution in [0.1, 0.15) is 35.2 Å². The second-order valence-corrected chi connectivity index (χ2v) is 9.45. The summed E-state index contributed by atoms with van der Waals surface area (Å²) in [7, 11) is 0. The smallest absolute Gasteiger partial charge is 0.253 e. The quantitative estimate of drug-likeness (QED) is 0.390. The highest BCUT2D eigenvalue weighted by Gasteiger charge is 2.30. The van der Waals surface area contributed by atoms with Gasteiger partial charge in [0.25, 0.3) is 5.91 Å². The van der Waals surface area contributed by atoms with E-state index in [1.165, 1.54) is 24.3 Å².